The second-order valence-corrected chi connectivity index (χ2v) is 8.37. The molecule has 3 N–H and O–H groups in total. The largest absolute Gasteiger partial charge is 0.479 e. The molecule has 0 bridgehead atoms. The monoisotopic (exact) mass is 438 g/mol. The molecule has 8 heteroatoms. The highest BCUT2D eigenvalue weighted by atomic mass is 16.5. The number of ether oxygens (including phenoxy) is 1. The summed E-state index contributed by atoms with van der Waals surface area (Å²) < 4.78 is 5.53. The number of likely N-dealkylation sites (tertiary alicyclic amines) is 1. The minimum absolute atomic E-state index is 0.0103. The third-order valence-electron chi connectivity index (χ3n) is 6.24. The molecule has 2 aliphatic rings. The van der Waals surface area contributed by atoms with Gasteiger partial charge in [-0.3, -0.25) is 4.79 Å². The Kier molecular flexibility index (Phi) is 5.88. The Balaban J connectivity index is 1.32. The summed E-state index contributed by atoms with van der Waals surface area (Å²) in [5.41, 5.74) is 2.65. The van der Waals surface area contributed by atoms with Crippen LogP contribution in [0.1, 0.15) is 36.8 Å². The third kappa shape index (κ3) is 4.05. The quantitative estimate of drug-likeness (QED) is 0.611. The van der Waals surface area contributed by atoms with Gasteiger partial charge in [0.1, 0.15) is 6.61 Å². The Bertz CT molecular complexity index is 1000. The lowest BCUT2D eigenvalue weighted by Crippen LogP contribution is -2.67. The van der Waals surface area contributed by atoms with Crippen LogP contribution in [0.5, 0.6) is 0 Å². The van der Waals surface area contributed by atoms with Gasteiger partial charge in [0.25, 0.3) is 0 Å². The highest BCUT2D eigenvalue weighted by molar-refractivity contribution is 5.85. The van der Waals surface area contributed by atoms with Crippen LogP contribution in [0.4, 0.5) is 4.79 Å². The minimum atomic E-state index is -1.88. The van der Waals surface area contributed by atoms with Gasteiger partial charge in [-0.25, -0.2) is 9.59 Å². The number of rotatable bonds is 7. The molecule has 1 aliphatic heterocycles. The molecule has 1 saturated heterocycles. The SMILES string of the molecule is CCC(CC(=O)N1CC(O)(C(=O)O)C1)NC(=O)OCC1c2ccccc2-c2ccccc21. The van der Waals surface area contributed by atoms with Crippen molar-refractivity contribution in [3.8, 4) is 11.1 Å². The van der Waals surface area contributed by atoms with Crippen molar-refractivity contribution >= 4 is 18.0 Å². The highest BCUT2D eigenvalue weighted by Gasteiger charge is 2.50. The number of carboxylic acid groups (broad SMARTS) is 1. The topological polar surface area (TPSA) is 116 Å². The Morgan fingerprint density at radius 3 is 2.19 bits per heavy atom. The first-order valence-electron chi connectivity index (χ1n) is 10.7. The second kappa shape index (κ2) is 8.63. The average molecular weight is 438 g/mol. The molecule has 4 rings (SSSR count). The van der Waals surface area contributed by atoms with Crippen molar-refractivity contribution in [1.82, 2.24) is 10.2 Å². The molecule has 32 heavy (non-hydrogen) atoms. The molecular weight excluding hydrogens is 412 g/mol. The zero-order valence-corrected chi connectivity index (χ0v) is 17.8. The predicted octanol–water partition coefficient (Wildman–Crippen LogP) is 2.35. The first-order valence-corrected chi connectivity index (χ1v) is 10.7. The Labute approximate surface area is 185 Å². The van der Waals surface area contributed by atoms with Crippen molar-refractivity contribution in [2.24, 2.45) is 0 Å². The van der Waals surface area contributed by atoms with E-state index in [0.717, 1.165) is 22.3 Å². The van der Waals surface area contributed by atoms with E-state index in [9.17, 15) is 19.5 Å². The van der Waals surface area contributed by atoms with Gasteiger partial charge in [0.2, 0.25) is 5.91 Å². The average Bonchev–Trinajstić information content (AvgIpc) is 3.08. The molecule has 0 saturated carbocycles. The van der Waals surface area contributed by atoms with Gasteiger partial charge < -0.3 is 25.2 Å². The summed E-state index contributed by atoms with van der Waals surface area (Å²) in [7, 11) is 0. The van der Waals surface area contributed by atoms with Crippen molar-refractivity contribution in [3.63, 3.8) is 0 Å². The van der Waals surface area contributed by atoms with Crippen LogP contribution in [-0.4, -0.2) is 64.4 Å². The molecule has 1 unspecified atom stereocenters. The van der Waals surface area contributed by atoms with E-state index in [1.165, 1.54) is 4.90 Å². The maximum absolute atomic E-state index is 12.4. The van der Waals surface area contributed by atoms with Crippen molar-refractivity contribution in [1.29, 1.82) is 0 Å². The molecule has 0 radical (unpaired) electrons. The lowest BCUT2D eigenvalue weighted by molar-refractivity contribution is -0.182. The van der Waals surface area contributed by atoms with Crippen LogP contribution in [0, 0.1) is 0 Å². The van der Waals surface area contributed by atoms with Crippen molar-refractivity contribution in [2.75, 3.05) is 19.7 Å². The minimum Gasteiger partial charge on any atom is -0.479 e. The van der Waals surface area contributed by atoms with E-state index in [0.29, 0.717) is 6.42 Å². The van der Waals surface area contributed by atoms with E-state index in [4.69, 9.17) is 9.84 Å². The molecule has 0 aromatic heterocycles. The van der Waals surface area contributed by atoms with Gasteiger partial charge in [-0.2, -0.15) is 0 Å². The molecule has 0 spiro atoms. The molecule has 168 valence electrons. The molecule has 1 fully saturated rings. The van der Waals surface area contributed by atoms with E-state index in [2.05, 4.69) is 17.4 Å². The normalized spacial score (nSPS) is 17.0. The van der Waals surface area contributed by atoms with Crippen LogP contribution in [-0.2, 0) is 14.3 Å². The van der Waals surface area contributed by atoms with Crippen LogP contribution in [0.15, 0.2) is 48.5 Å². The zero-order valence-electron chi connectivity index (χ0n) is 17.8. The molecule has 1 heterocycles. The van der Waals surface area contributed by atoms with Gasteiger partial charge in [0.15, 0.2) is 5.60 Å². The van der Waals surface area contributed by atoms with Gasteiger partial charge in [-0.1, -0.05) is 55.5 Å². The Morgan fingerprint density at radius 2 is 1.66 bits per heavy atom. The summed E-state index contributed by atoms with van der Waals surface area (Å²) in [6.07, 6.45) is -0.0826. The number of aliphatic carboxylic acids is 1. The predicted molar refractivity (Wildman–Crippen MR) is 116 cm³/mol. The van der Waals surface area contributed by atoms with Gasteiger partial charge in [-0.15, -0.1) is 0 Å². The summed E-state index contributed by atoms with van der Waals surface area (Å²) in [6, 6.07) is 15.7. The zero-order chi connectivity index (χ0) is 22.9. The van der Waals surface area contributed by atoms with E-state index < -0.39 is 23.7 Å². The first kappa shape index (κ1) is 21.8. The number of hydrogen-bond donors (Lipinski definition) is 3. The van der Waals surface area contributed by atoms with Crippen LogP contribution in [0.2, 0.25) is 0 Å². The first-order chi connectivity index (χ1) is 15.3. The lowest BCUT2D eigenvalue weighted by atomic mass is 9.93. The number of fused-ring (bicyclic) bond motifs is 3. The number of hydrogen-bond acceptors (Lipinski definition) is 5. The molecule has 8 nitrogen and oxygen atoms in total. The van der Waals surface area contributed by atoms with Crippen LogP contribution < -0.4 is 5.32 Å². The number of carbonyl (C=O) groups is 3. The number of nitrogens with zero attached hydrogens (tertiary/aromatic N) is 1. The fourth-order valence-electron chi connectivity index (χ4n) is 4.34. The summed E-state index contributed by atoms with van der Waals surface area (Å²) >= 11 is 0. The van der Waals surface area contributed by atoms with Crippen LogP contribution >= 0.6 is 0 Å². The number of alkyl carbamates (subject to hydrolysis) is 1. The van der Waals surface area contributed by atoms with E-state index in [-0.39, 0.29) is 37.9 Å². The molecule has 2 amide bonds. The Hall–Kier alpha value is -3.39. The number of carboxylic acids is 1. The van der Waals surface area contributed by atoms with Crippen LogP contribution in [0.3, 0.4) is 0 Å². The van der Waals surface area contributed by atoms with Gasteiger partial charge in [0, 0.05) is 18.4 Å². The van der Waals surface area contributed by atoms with Crippen LogP contribution in [0.25, 0.3) is 11.1 Å². The maximum atomic E-state index is 12.4. The molecule has 2 aromatic carbocycles. The molecular formula is C24H26N2O6. The number of carbonyl (C=O) groups excluding carboxylic acids is 2. The summed E-state index contributed by atoms with van der Waals surface area (Å²) in [5, 5.41) is 21.5. The number of β-amino-alcohol motifs (C(OH)–C–C–N with tert-alkyl or cyclic N) is 1. The summed E-state index contributed by atoms with van der Waals surface area (Å²) in [5.74, 6) is -1.71. The van der Waals surface area contributed by atoms with Gasteiger partial charge >= 0.3 is 12.1 Å². The molecule has 1 aliphatic carbocycles. The third-order valence-corrected chi connectivity index (χ3v) is 6.24. The standard InChI is InChI=1S/C24H26N2O6/c1-2-15(11-21(27)26-13-24(31,14-26)22(28)29)25-23(30)32-12-20-18-9-5-3-7-16(18)17-8-4-6-10-19(17)20/h3-10,15,20,31H,2,11-14H2,1H3,(H,25,30)(H,28,29). The summed E-state index contributed by atoms with van der Waals surface area (Å²) in [6.45, 7) is 1.53. The number of nitrogens with one attached hydrogen (secondary N) is 1. The fraction of sp³-hybridized carbons (Fsp3) is 0.375. The fourth-order valence-corrected chi connectivity index (χ4v) is 4.34. The summed E-state index contributed by atoms with van der Waals surface area (Å²) in [4.78, 5) is 37.0. The molecule has 1 atom stereocenters. The van der Waals surface area contributed by atoms with E-state index in [1.54, 1.807) is 0 Å². The van der Waals surface area contributed by atoms with E-state index >= 15 is 0 Å². The maximum Gasteiger partial charge on any atom is 0.407 e. The number of amides is 2. The van der Waals surface area contributed by atoms with Crippen molar-refractivity contribution < 1.29 is 29.3 Å². The highest BCUT2D eigenvalue weighted by Crippen LogP contribution is 2.44. The number of benzene rings is 2. The van der Waals surface area contributed by atoms with Gasteiger partial charge in [-0.05, 0) is 28.7 Å². The van der Waals surface area contributed by atoms with Gasteiger partial charge in [0.05, 0.1) is 13.1 Å². The Morgan fingerprint density at radius 1 is 1.09 bits per heavy atom. The second-order valence-electron chi connectivity index (χ2n) is 8.37. The van der Waals surface area contributed by atoms with E-state index in [1.807, 2.05) is 43.3 Å². The number of aliphatic hydroxyl groups is 1. The van der Waals surface area contributed by atoms with Crippen molar-refractivity contribution in [3.05, 3.63) is 59.7 Å². The molecule has 2 aromatic rings. The van der Waals surface area contributed by atoms with Crippen molar-refractivity contribution in [2.45, 2.75) is 37.3 Å². The smallest absolute Gasteiger partial charge is 0.407 e. The lowest BCUT2D eigenvalue weighted by Gasteiger charge is -2.43.